The zero-order valence-corrected chi connectivity index (χ0v) is 19.1. The normalized spacial score (nSPS) is 14.2. The second-order valence-electron chi connectivity index (χ2n) is 8.46. The van der Waals surface area contributed by atoms with E-state index >= 15 is 0 Å². The second-order valence-corrected chi connectivity index (χ2v) is 8.46. The van der Waals surface area contributed by atoms with Crippen molar-refractivity contribution in [1.82, 2.24) is 9.80 Å². The molecule has 1 saturated heterocycles. The van der Waals surface area contributed by atoms with E-state index in [0.717, 1.165) is 18.8 Å². The summed E-state index contributed by atoms with van der Waals surface area (Å²) in [5.74, 6) is 1.33. The van der Waals surface area contributed by atoms with E-state index in [9.17, 15) is 4.79 Å². The average molecular weight is 449 g/mol. The van der Waals surface area contributed by atoms with Crippen LogP contribution in [0.15, 0.2) is 115 Å². The molecule has 4 aromatic rings. The molecule has 1 aliphatic rings. The molecule has 0 N–H and O–H groups in total. The first-order chi connectivity index (χ1) is 16.8. The van der Waals surface area contributed by atoms with E-state index in [2.05, 4.69) is 65.6 Å². The summed E-state index contributed by atoms with van der Waals surface area (Å²) in [5.41, 5.74) is 3.15. The zero-order chi connectivity index (χ0) is 23.2. The van der Waals surface area contributed by atoms with E-state index in [4.69, 9.17) is 4.74 Å². The monoisotopic (exact) mass is 448 g/mol. The van der Waals surface area contributed by atoms with Crippen molar-refractivity contribution in [3.63, 3.8) is 0 Å². The zero-order valence-electron chi connectivity index (χ0n) is 19.1. The lowest BCUT2D eigenvalue weighted by Crippen LogP contribution is -2.49. The van der Waals surface area contributed by atoms with Gasteiger partial charge in [-0.15, -0.1) is 0 Å². The molecule has 0 aliphatic carbocycles. The highest BCUT2D eigenvalue weighted by molar-refractivity contribution is 5.97. The lowest BCUT2D eigenvalue weighted by molar-refractivity contribution is 0.0595. The van der Waals surface area contributed by atoms with Gasteiger partial charge in [0.1, 0.15) is 11.5 Å². The van der Waals surface area contributed by atoms with Crippen molar-refractivity contribution in [2.75, 3.05) is 26.2 Å². The number of hydrogen-bond donors (Lipinski definition) is 0. The Morgan fingerprint density at radius 2 is 1.12 bits per heavy atom. The van der Waals surface area contributed by atoms with Crippen LogP contribution >= 0.6 is 0 Å². The topological polar surface area (TPSA) is 32.8 Å². The number of rotatable bonds is 6. The van der Waals surface area contributed by atoms with Crippen LogP contribution in [0, 0.1) is 0 Å². The van der Waals surface area contributed by atoms with Crippen molar-refractivity contribution in [2.45, 2.75) is 6.04 Å². The molecule has 0 atom stereocenters. The third-order valence-corrected chi connectivity index (χ3v) is 6.29. The van der Waals surface area contributed by atoms with Crippen LogP contribution in [0.2, 0.25) is 0 Å². The number of carbonyl (C=O) groups is 1. The fourth-order valence-electron chi connectivity index (χ4n) is 4.59. The van der Waals surface area contributed by atoms with Crippen LogP contribution in [0.5, 0.6) is 11.5 Å². The van der Waals surface area contributed by atoms with Gasteiger partial charge in [-0.3, -0.25) is 9.69 Å². The standard InChI is InChI=1S/C30H28N2O2/c33-30(27-18-10-11-19-28(27)34-26-16-8-3-9-17-26)32-22-20-31(21-23-32)29(24-12-4-1-5-13-24)25-14-6-2-7-15-25/h1-19,29H,20-23H2. The molecule has 1 aliphatic heterocycles. The summed E-state index contributed by atoms with van der Waals surface area (Å²) in [6, 6.07) is 38.5. The quantitative estimate of drug-likeness (QED) is 0.361. The van der Waals surface area contributed by atoms with E-state index in [1.165, 1.54) is 11.1 Å². The number of carbonyl (C=O) groups excluding carboxylic acids is 1. The predicted molar refractivity (Wildman–Crippen MR) is 135 cm³/mol. The Bertz CT molecular complexity index is 1160. The molecule has 0 unspecified atom stereocenters. The van der Waals surface area contributed by atoms with Gasteiger partial charge in [0, 0.05) is 26.2 Å². The summed E-state index contributed by atoms with van der Waals surface area (Å²) >= 11 is 0. The summed E-state index contributed by atoms with van der Waals surface area (Å²) in [5, 5.41) is 0. The minimum Gasteiger partial charge on any atom is -0.457 e. The van der Waals surface area contributed by atoms with Crippen molar-refractivity contribution in [2.24, 2.45) is 0 Å². The molecule has 0 saturated carbocycles. The van der Waals surface area contributed by atoms with Gasteiger partial charge in [0.2, 0.25) is 0 Å². The fourth-order valence-corrected chi connectivity index (χ4v) is 4.59. The number of nitrogens with zero attached hydrogens (tertiary/aromatic N) is 2. The van der Waals surface area contributed by atoms with Gasteiger partial charge in [-0.1, -0.05) is 91.0 Å². The number of piperazine rings is 1. The first kappa shape index (κ1) is 21.9. The Labute approximate surface area is 201 Å². The van der Waals surface area contributed by atoms with Crippen molar-refractivity contribution in [3.8, 4) is 11.5 Å². The summed E-state index contributed by atoms with van der Waals surface area (Å²) in [7, 11) is 0. The Morgan fingerprint density at radius 1 is 0.618 bits per heavy atom. The Balaban J connectivity index is 1.32. The van der Waals surface area contributed by atoms with Crippen LogP contribution in [0.25, 0.3) is 0 Å². The molecule has 1 amide bonds. The summed E-state index contributed by atoms with van der Waals surface area (Å²) in [6.07, 6.45) is 0. The molecule has 1 fully saturated rings. The molecule has 170 valence electrons. The van der Waals surface area contributed by atoms with E-state index < -0.39 is 0 Å². The largest absolute Gasteiger partial charge is 0.457 e. The Morgan fingerprint density at radius 3 is 1.71 bits per heavy atom. The van der Waals surface area contributed by atoms with Crippen molar-refractivity contribution >= 4 is 5.91 Å². The maximum Gasteiger partial charge on any atom is 0.257 e. The maximum atomic E-state index is 13.5. The first-order valence-corrected chi connectivity index (χ1v) is 11.7. The lowest BCUT2D eigenvalue weighted by Gasteiger charge is -2.40. The minimum absolute atomic E-state index is 0.0159. The number of benzene rings is 4. The molecule has 1 heterocycles. The molecule has 0 bridgehead atoms. The van der Waals surface area contributed by atoms with Crippen molar-refractivity contribution in [1.29, 1.82) is 0 Å². The minimum atomic E-state index is 0.0159. The maximum absolute atomic E-state index is 13.5. The van der Waals surface area contributed by atoms with E-state index in [0.29, 0.717) is 24.4 Å². The van der Waals surface area contributed by atoms with Crippen LogP contribution < -0.4 is 4.74 Å². The number of amides is 1. The van der Waals surface area contributed by atoms with E-state index in [1.807, 2.05) is 59.5 Å². The molecule has 0 radical (unpaired) electrons. The van der Waals surface area contributed by atoms with Crippen LogP contribution in [-0.2, 0) is 0 Å². The summed E-state index contributed by atoms with van der Waals surface area (Å²) in [6.45, 7) is 2.97. The van der Waals surface area contributed by atoms with Gasteiger partial charge < -0.3 is 9.64 Å². The molecular weight excluding hydrogens is 420 g/mol. The summed E-state index contributed by atoms with van der Waals surface area (Å²) < 4.78 is 6.04. The van der Waals surface area contributed by atoms with Crippen LogP contribution in [-0.4, -0.2) is 41.9 Å². The molecule has 4 nitrogen and oxygen atoms in total. The molecular formula is C30H28N2O2. The smallest absolute Gasteiger partial charge is 0.257 e. The second kappa shape index (κ2) is 10.4. The molecule has 0 aromatic heterocycles. The van der Waals surface area contributed by atoms with Gasteiger partial charge in [0.15, 0.2) is 0 Å². The SMILES string of the molecule is O=C(c1ccccc1Oc1ccccc1)N1CCN(C(c2ccccc2)c2ccccc2)CC1. The molecule has 34 heavy (non-hydrogen) atoms. The van der Waals surface area contributed by atoms with Gasteiger partial charge >= 0.3 is 0 Å². The highest BCUT2D eigenvalue weighted by atomic mass is 16.5. The third kappa shape index (κ3) is 4.87. The van der Waals surface area contributed by atoms with Gasteiger partial charge in [-0.2, -0.15) is 0 Å². The van der Waals surface area contributed by atoms with E-state index in [1.54, 1.807) is 0 Å². The highest BCUT2D eigenvalue weighted by Gasteiger charge is 2.29. The molecule has 5 rings (SSSR count). The molecule has 4 heteroatoms. The van der Waals surface area contributed by atoms with Gasteiger partial charge in [0.25, 0.3) is 5.91 Å². The summed E-state index contributed by atoms with van der Waals surface area (Å²) in [4.78, 5) is 17.9. The lowest BCUT2D eigenvalue weighted by atomic mass is 9.96. The van der Waals surface area contributed by atoms with Gasteiger partial charge in [0.05, 0.1) is 11.6 Å². The Hall–Kier alpha value is -3.89. The van der Waals surface area contributed by atoms with Gasteiger partial charge in [-0.05, 0) is 35.4 Å². The van der Waals surface area contributed by atoms with Crippen molar-refractivity contribution < 1.29 is 9.53 Å². The van der Waals surface area contributed by atoms with Crippen LogP contribution in [0.1, 0.15) is 27.5 Å². The van der Waals surface area contributed by atoms with Crippen molar-refractivity contribution in [3.05, 3.63) is 132 Å². The van der Waals surface area contributed by atoms with Crippen LogP contribution in [0.4, 0.5) is 0 Å². The van der Waals surface area contributed by atoms with E-state index in [-0.39, 0.29) is 11.9 Å². The number of hydrogen-bond acceptors (Lipinski definition) is 3. The fraction of sp³-hybridized carbons (Fsp3) is 0.167. The first-order valence-electron chi connectivity index (χ1n) is 11.7. The molecule has 4 aromatic carbocycles. The highest BCUT2D eigenvalue weighted by Crippen LogP contribution is 2.31. The average Bonchev–Trinajstić information content (AvgIpc) is 2.91. The number of para-hydroxylation sites is 2. The Kier molecular flexibility index (Phi) is 6.68. The molecule has 0 spiro atoms. The third-order valence-electron chi connectivity index (χ3n) is 6.29. The van der Waals surface area contributed by atoms with Crippen LogP contribution in [0.3, 0.4) is 0 Å². The predicted octanol–water partition coefficient (Wildman–Crippen LogP) is 6.03. The number of ether oxygens (including phenoxy) is 1. The van der Waals surface area contributed by atoms with Gasteiger partial charge in [-0.25, -0.2) is 0 Å².